The molecule has 0 atom stereocenters. The molecule has 0 N–H and O–H groups in total. The van der Waals surface area contributed by atoms with E-state index in [0.29, 0.717) is 23.9 Å². The number of halogens is 2. The Bertz CT molecular complexity index is 352. The first kappa shape index (κ1) is 12.3. The molecule has 0 aromatic heterocycles. The number of carbonyl (C=O) groups is 1. The number of rotatable bonds is 5. The standard InChI is InChI=1S/C11H12BrFO2/c1-15-5-4-9(14)6-8-2-3-11(13)10(12)7-8/h2-3,7H,4-6H2,1H3. The molecule has 0 aliphatic carbocycles. The van der Waals surface area contributed by atoms with Crippen molar-refractivity contribution in [3.05, 3.63) is 34.1 Å². The molecule has 0 aliphatic heterocycles. The molecule has 0 saturated heterocycles. The Labute approximate surface area is 96.6 Å². The van der Waals surface area contributed by atoms with Gasteiger partial charge < -0.3 is 4.74 Å². The van der Waals surface area contributed by atoms with Gasteiger partial charge in [0, 0.05) is 20.0 Å². The third kappa shape index (κ3) is 4.10. The fourth-order valence-corrected chi connectivity index (χ4v) is 1.61. The van der Waals surface area contributed by atoms with E-state index in [1.807, 2.05) is 0 Å². The van der Waals surface area contributed by atoms with Gasteiger partial charge in [-0.05, 0) is 33.6 Å². The average Bonchev–Trinajstić information content (AvgIpc) is 2.20. The maximum Gasteiger partial charge on any atom is 0.139 e. The first-order chi connectivity index (χ1) is 7.13. The summed E-state index contributed by atoms with van der Waals surface area (Å²) in [7, 11) is 1.56. The van der Waals surface area contributed by atoms with Crippen molar-refractivity contribution in [2.24, 2.45) is 0 Å². The topological polar surface area (TPSA) is 26.3 Å². The van der Waals surface area contributed by atoms with Crippen LogP contribution in [0.4, 0.5) is 4.39 Å². The van der Waals surface area contributed by atoms with E-state index in [1.165, 1.54) is 6.07 Å². The van der Waals surface area contributed by atoms with Gasteiger partial charge in [-0.15, -0.1) is 0 Å². The molecular weight excluding hydrogens is 263 g/mol. The Morgan fingerprint density at radius 2 is 2.27 bits per heavy atom. The van der Waals surface area contributed by atoms with Gasteiger partial charge in [-0.1, -0.05) is 6.07 Å². The molecule has 0 heterocycles. The lowest BCUT2D eigenvalue weighted by Crippen LogP contribution is -2.06. The van der Waals surface area contributed by atoms with Crippen molar-refractivity contribution in [3.8, 4) is 0 Å². The second-order valence-corrected chi connectivity index (χ2v) is 4.06. The van der Waals surface area contributed by atoms with Gasteiger partial charge in [0.15, 0.2) is 0 Å². The lowest BCUT2D eigenvalue weighted by Gasteiger charge is -2.02. The van der Waals surface area contributed by atoms with Crippen LogP contribution in [0.3, 0.4) is 0 Å². The summed E-state index contributed by atoms with van der Waals surface area (Å²) in [5.74, 6) is -0.224. The molecule has 0 bridgehead atoms. The first-order valence-electron chi connectivity index (χ1n) is 4.58. The summed E-state index contributed by atoms with van der Waals surface area (Å²) in [5, 5.41) is 0. The van der Waals surface area contributed by atoms with Gasteiger partial charge in [-0.3, -0.25) is 4.79 Å². The van der Waals surface area contributed by atoms with Crippen LogP contribution in [-0.4, -0.2) is 19.5 Å². The lowest BCUT2D eigenvalue weighted by molar-refractivity contribution is -0.119. The van der Waals surface area contributed by atoms with E-state index in [2.05, 4.69) is 15.9 Å². The molecule has 0 aliphatic rings. The summed E-state index contributed by atoms with van der Waals surface area (Å²) in [6.07, 6.45) is 0.716. The highest BCUT2D eigenvalue weighted by Gasteiger charge is 2.05. The van der Waals surface area contributed by atoms with Crippen molar-refractivity contribution in [1.29, 1.82) is 0 Å². The molecule has 15 heavy (non-hydrogen) atoms. The van der Waals surface area contributed by atoms with Crippen LogP contribution < -0.4 is 0 Å². The number of carbonyl (C=O) groups excluding carboxylic acids is 1. The minimum atomic E-state index is -0.317. The summed E-state index contributed by atoms with van der Waals surface area (Å²) in [5.41, 5.74) is 0.810. The number of hydrogen-bond acceptors (Lipinski definition) is 2. The van der Waals surface area contributed by atoms with E-state index >= 15 is 0 Å². The smallest absolute Gasteiger partial charge is 0.139 e. The molecule has 82 valence electrons. The second-order valence-electron chi connectivity index (χ2n) is 3.21. The van der Waals surface area contributed by atoms with Crippen molar-refractivity contribution in [2.75, 3.05) is 13.7 Å². The number of methoxy groups -OCH3 is 1. The largest absolute Gasteiger partial charge is 0.384 e. The summed E-state index contributed by atoms with van der Waals surface area (Å²) in [4.78, 5) is 11.4. The highest BCUT2D eigenvalue weighted by Crippen LogP contribution is 2.17. The molecule has 0 saturated carbocycles. The van der Waals surface area contributed by atoms with Crippen LogP contribution in [0.2, 0.25) is 0 Å². The van der Waals surface area contributed by atoms with E-state index in [-0.39, 0.29) is 11.6 Å². The van der Waals surface area contributed by atoms with Crippen LogP contribution in [0.15, 0.2) is 22.7 Å². The number of ether oxygens (including phenoxy) is 1. The maximum atomic E-state index is 12.9. The molecule has 0 unspecified atom stereocenters. The minimum absolute atomic E-state index is 0.0929. The molecule has 2 nitrogen and oxygen atoms in total. The number of Topliss-reactive ketones (excluding diaryl/α,β-unsaturated/α-hetero) is 1. The zero-order chi connectivity index (χ0) is 11.3. The molecule has 1 rings (SSSR count). The molecule has 4 heteroatoms. The van der Waals surface area contributed by atoms with Crippen LogP contribution in [0.1, 0.15) is 12.0 Å². The fraction of sp³-hybridized carbons (Fsp3) is 0.364. The average molecular weight is 275 g/mol. The van der Waals surface area contributed by atoms with Crippen LogP contribution in [0.25, 0.3) is 0 Å². The van der Waals surface area contributed by atoms with E-state index in [1.54, 1.807) is 19.2 Å². The predicted octanol–water partition coefficient (Wildman–Crippen LogP) is 2.74. The zero-order valence-corrected chi connectivity index (χ0v) is 10.0. The minimum Gasteiger partial charge on any atom is -0.384 e. The number of ketones is 1. The van der Waals surface area contributed by atoms with Crippen molar-refractivity contribution < 1.29 is 13.9 Å². The second kappa shape index (κ2) is 5.98. The normalized spacial score (nSPS) is 10.3. The van der Waals surface area contributed by atoms with Gasteiger partial charge >= 0.3 is 0 Å². The van der Waals surface area contributed by atoms with Gasteiger partial charge in [0.1, 0.15) is 11.6 Å². The number of hydrogen-bond donors (Lipinski definition) is 0. The monoisotopic (exact) mass is 274 g/mol. The van der Waals surface area contributed by atoms with Crippen molar-refractivity contribution in [1.82, 2.24) is 0 Å². The molecule has 1 aromatic carbocycles. The molecule has 0 fully saturated rings. The van der Waals surface area contributed by atoms with E-state index in [9.17, 15) is 9.18 Å². The summed E-state index contributed by atoms with van der Waals surface area (Å²) < 4.78 is 18.1. The van der Waals surface area contributed by atoms with Gasteiger partial charge in [0.25, 0.3) is 0 Å². The third-order valence-electron chi connectivity index (χ3n) is 1.97. The van der Waals surface area contributed by atoms with Crippen molar-refractivity contribution >= 4 is 21.7 Å². The Balaban J connectivity index is 2.57. The van der Waals surface area contributed by atoms with E-state index in [4.69, 9.17) is 4.74 Å². The quantitative estimate of drug-likeness (QED) is 0.826. The predicted molar refractivity (Wildman–Crippen MR) is 59.3 cm³/mol. The zero-order valence-electron chi connectivity index (χ0n) is 8.43. The first-order valence-corrected chi connectivity index (χ1v) is 5.37. The molecular formula is C11H12BrFO2. The van der Waals surface area contributed by atoms with Crippen molar-refractivity contribution in [3.63, 3.8) is 0 Å². The Kier molecular flexibility index (Phi) is 4.91. The SMILES string of the molecule is COCCC(=O)Cc1ccc(F)c(Br)c1. The van der Waals surface area contributed by atoms with Crippen LogP contribution in [0, 0.1) is 5.82 Å². The third-order valence-corrected chi connectivity index (χ3v) is 2.58. The summed E-state index contributed by atoms with van der Waals surface area (Å²) in [6.45, 7) is 0.432. The molecule has 0 amide bonds. The maximum absolute atomic E-state index is 12.9. The fourth-order valence-electron chi connectivity index (χ4n) is 1.18. The Morgan fingerprint density at radius 3 is 2.87 bits per heavy atom. The van der Waals surface area contributed by atoms with Gasteiger partial charge in [-0.2, -0.15) is 0 Å². The van der Waals surface area contributed by atoms with Crippen LogP contribution in [0.5, 0.6) is 0 Å². The van der Waals surface area contributed by atoms with Crippen LogP contribution in [-0.2, 0) is 16.0 Å². The molecule has 0 spiro atoms. The van der Waals surface area contributed by atoms with Gasteiger partial charge in [0.2, 0.25) is 0 Å². The highest BCUT2D eigenvalue weighted by molar-refractivity contribution is 9.10. The Hall–Kier alpha value is -0.740. The van der Waals surface area contributed by atoms with E-state index in [0.717, 1.165) is 5.56 Å². The number of benzene rings is 1. The lowest BCUT2D eigenvalue weighted by atomic mass is 10.1. The van der Waals surface area contributed by atoms with Crippen molar-refractivity contribution in [2.45, 2.75) is 12.8 Å². The summed E-state index contributed by atoms with van der Waals surface area (Å²) in [6, 6.07) is 4.59. The molecule has 1 aromatic rings. The van der Waals surface area contributed by atoms with Gasteiger partial charge in [0.05, 0.1) is 11.1 Å². The Morgan fingerprint density at radius 1 is 1.53 bits per heavy atom. The van der Waals surface area contributed by atoms with Crippen LogP contribution >= 0.6 is 15.9 Å². The highest BCUT2D eigenvalue weighted by atomic mass is 79.9. The van der Waals surface area contributed by atoms with Gasteiger partial charge in [-0.25, -0.2) is 4.39 Å². The summed E-state index contributed by atoms with van der Waals surface area (Å²) >= 11 is 3.08. The molecule has 0 radical (unpaired) electrons. The van der Waals surface area contributed by atoms with E-state index < -0.39 is 0 Å².